The summed E-state index contributed by atoms with van der Waals surface area (Å²) in [7, 11) is 9.71. The molecule has 0 N–H and O–H groups in total. The lowest BCUT2D eigenvalue weighted by molar-refractivity contribution is 0.102. The van der Waals surface area contributed by atoms with E-state index in [1.807, 2.05) is 0 Å². The Bertz CT molecular complexity index is 111. The fourth-order valence-electron chi connectivity index (χ4n) is 1.85. The van der Waals surface area contributed by atoms with Crippen molar-refractivity contribution in [2.24, 2.45) is 5.92 Å². The fraction of sp³-hybridized carbons (Fsp3) is 1.00. The third kappa shape index (κ3) is 2.84. The monoisotopic (exact) mass is 153 g/mol. The topological polar surface area (TPSA) is 12.5 Å². The normalized spacial score (nSPS) is 34.0. The molecule has 11 heavy (non-hydrogen) atoms. The molecule has 0 aromatic rings. The third-order valence-corrected chi connectivity index (χ3v) is 2.15. The highest BCUT2D eigenvalue weighted by molar-refractivity contribution is 6.11. The Morgan fingerprint density at radius 1 is 1.55 bits per heavy atom. The Labute approximate surface area is 70.3 Å². The van der Waals surface area contributed by atoms with Gasteiger partial charge < -0.3 is 9.64 Å². The van der Waals surface area contributed by atoms with Crippen LogP contribution in [-0.2, 0) is 4.74 Å². The molecule has 0 aliphatic carbocycles. The van der Waals surface area contributed by atoms with Crippen molar-refractivity contribution >= 4 is 7.85 Å². The first-order valence-electron chi connectivity index (χ1n) is 4.15. The van der Waals surface area contributed by atoms with Crippen LogP contribution in [0.15, 0.2) is 0 Å². The van der Waals surface area contributed by atoms with Crippen LogP contribution >= 0.6 is 0 Å². The van der Waals surface area contributed by atoms with E-state index >= 15 is 0 Å². The van der Waals surface area contributed by atoms with E-state index in [-0.39, 0.29) is 0 Å². The van der Waals surface area contributed by atoms with Gasteiger partial charge in [-0.05, 0) is 19.5 Å². The van der Waals surface area contributed by atoms with Gasteiger partial charge in [-0.3, -0.25) is 0 Å². The molecule has 1 heterocycles. The largest absolute Gasteiger partial charge is 0.384 e. The van der Waals surface area contributed by atoms with E-state index < -0.39 is 0 Å². The molecule has 1 aliphatic heterocycles. The van der Waals surface area contributed by atoms with E-state index in [1.165, 1.54) is 0 Å². The van der Waals surface area contributed by atoms with Crippen molar-refractivity contribution in [2.45, 2.75) is 12.2 Å². The van der Waals surface area contributed by atoms with E-state index in [0.29, 0.717) is 11.7 Å². The summed E-state index contributed by atoms with van der Waals surface area (Å²) in [6.45, 7) is 3.00. The number of hydrogen-bond acceptors (Lipinski definition) is 2. The molecular weight excluding hydrogens is 137 g/mol. The van der Waals surface area contributed by atoms with Gasteiger partial charge in [-0.15, -0.1) is 0 Å². The highest BCUT2D eigenvalue weighted by atomic mass is 16.5. The second-order valence-electron chi connectivity index (χ2n) is 3.54. The van der Waals surface area contributed by atoms with Crippen molar-refractivity contribution in [3.63, 3.8) is 0 Å². The zero-order valence-corrected chi connectivity index (χ0v) is 7.42. The molecule has 0 aromatic carbocycles. The van der Waals surface area contributed by atoms with Crippen LogP contribution in [0.25, 0.3) is 0 Å². The van der Waals surface area contributed by atoms with Crippen LogP contribution in [0.3, 0.4) is 0 Å². The van der Waals surface area contributed by atoms with Crippen molar-refractivity contribution in [2.75, 3.05) is 33.9 Å². The van der Waals surface area contributed by atoms with Crippen molar-refractivity contribution in [1.82, 2.24) is 4.90 Å². The second kappa shape index (κ2) is 4.12. The maximum atomic E-state index is 5.85. The summed E-state index contributed by atoms with van der Waals surface area (Å²) in [5.41, 5.74) is 0. The number of likely N-dealkylation sites (tertiary alicyclic amines) is 1. The van der Waals surface area contributed by atoms with Gasteiger partial charge in [0, 0.05) is 13.7 Å². The minimum Gasteiger partial charge on any atom is -0.384 e. The Morgan fingerprint density at radius 2 is 2.27 bits per heavy atom. The van der Waals surface area contributed by atoms with Crippen LogP contribution in [-0.4, -0.2) is 46.6 Å². The minimum absolute atomic E-state index is 0.342. The average molecular weight is 153 g/mol. The molecule has 1 aliphatic rings. The molecule has 2 radical (unpaired) electrons. The van der Waals surface area contributed by atoms with Crippen molar-refractivity contribution in [3.8, 4) is 0 Å². The molecule has 2 unspecified atom stereocenters. The maximum Gasteiger partial charge on any atom is 0.0717 e. The Morgan fingerprint density at radius 3 is 2.82 bits per heavy atom. The molecule has 62 valence electrons. The van der Waals surface area contributed by atoms with Gasteiger partial charge in [-0.25, -0.2) is 0 Å². The first kappa shape index (κ1) is 9.08. The van der Waals surface area contributed by atoms with E-state index in [1.54, 1.807) is 7.11 Å². The Hall–Kier alpha value is -0.0151. The molecule has 0 saturated carbocycles. The predicted octanol–water partition coefficient (Wildman–Crippen LogP) is 0.542. The second-order valence-corrected chi connectivity index (χ2v) is 3.54. The fourth-order valence-corrected chi connectivity index (χ4v) is 1.85. The summed E-state index contributed by atoms with van der Waals surface area (Å²) in [5.74, 6) is 0.975. The van der Waals surface area contributed by atoms with Gasteiger partial charge in [0.05, 0.1) is 14.5 Å². The van der Waals surface area contributed by atoms with E-state index in [2.05, 4.69) is 11.9 Å². The zero-order valence-electron chi connectivity index (χ0n) is 7.42. The number of piperidine rings is 1. The molecule has 0 amide bonds. The van der Waals surface area contributed by atoms with Crippen LogP contribution in [0.1, 0.15) is 6.42 Å². The molecule has 0 aromatic heterocycles. The molecule has 1 saturated heterocycles. The lowest BCUT2D eigenvalue weighted by atomic mass is 9.77. The highest BCUT2D eigenvalue weighted by Crippen LogP contribution is 2.22. The summed E-state index contributed by atoms with van der Waals surface area (Å²) >= 11 is 0. The van der Waals surface area contributed by atoms with E-state index in [9.17, 15) is 0 Å². The molecule has 0 spiro atoms. The van der Waals surface area contributed by atoms with Gasteiger partial charge in [0.25, 0.3) is 0 Å². The maximum absolute atomic E-state index is 5.85. The lowest BCUT2D eigenvalue weighted by Crippen LogP contribution is -2.37. The van der Waals surface area contributed by atoms with Crippen molar-refractivity contribution in [3.05, 3.63) is 0 Å². The average Bonchev–Trinajstić information content (AvgIpc) is 1.85. The Kier molecular flexibility index (Phi) is 3.40. The summed E-state index contributed by atoms with van der Waals surface area (Å²) in [4.78, 5) is 2.28. The molecule has 1 fully saturated rings. The van der Waals surface area contributed by atoms with Crippen LogP contribution < -0.4 is 0 Å². The zero-order chi connectivity index (χ0) is 8.27. The van der Waals surface area contributed by atoms with Gasteiger partial charge in [-0.1, -0.05) is 12.2 Å². The number of ether oxygens (including phenoxy) is 1. The standard InChI is InChI=1S/C8H16BNO/c1-10-4-7(6-11-2)3-8(9)5-10/h7-8H,3-6H2,1-2H3. The van der Waals surface area contributed by atoms with Gasteiger partial charge in [0.2, 0.25) is 0 Å². The predicted molar refractivity (Wildman–Crippen MR) is 47.0 cm³/mol. The molecular formula is C8H16BNO. The lowest BCUT2D eigenvalue weighted by Gasteiger charge is -2.33. The minimum atomic E-state index is 0.342. The molecule has 2 nitrogen and oxygen atoms in total. The van der Waals surface area contributed by atoms with Crippen LogP contribution in [0.4, 0.5) is 0 Å². The first-order chi connectivity index (χ1) is 5.22. The third-order valence-electron chi connectivity index (χ3n) is 2.15. The van der Waals surface area contributed by atoms with Crippen LogP contribution in [0.5, 0.6) is 0 Å². The number of hydrogen-bond donors (Lipinski definition) is 0. The van der Waals surface area contributed by atoms with Gasteiger partial charge >= 0.3 is 0 Å². The van der Waals surface area contributed by atoms with Crippen LogP contribution in [0, 0.1) is 5.92 Å². The number of methoxy groups -OCH3 is 1. The smallest absolute Gasteiger partial charge is 0.0717 e. The van der Waals surface area contributed by atoms with E-state index in [4.69, 9.17) is 12.6 Å². The van der Waals surface area contributed by atoms with Gasteiger partial charge in [0.1, 0.15) is 0 Å². The molecule has 1 rings (SSSR count). The van der Waals surface area contributed by atoms with E-state index in [0.717, 1.165) is 26.1 Å². The van der Waals surface area contributed by atoms with Crippen LogP contribution in [0.2, 0.25) is 5.82 Å². The number of rotatable bonds is 2. The summed E-state index contributed by atoms with van der Waals surface area (Å²) in [6, 6.07) is 0. The van der Waals surface area contributed by atoms with Crippen molar-refractivity contribution in [1.29, 1.82) is 0 Å². The Balaban J connectivity index is 2.30. The van der Waals surface area contributed by atoms with Gasteiger partial charge in [-0.2, -0.15) is 0 Å². The summed E-state index contributed by atoms with van der Waals surface area (Å²) in [6.07, 6.45) is 1.11. The summed E-state index contributed by atoms with van der Waals surface area (Å²) in [5, 5.41) is 0. The first-order valence-corrected chi connectivity index (χ1v) is 4.15. The molecule has 0 bridgehead atoms. The van der Waals surface area contributed by atoms with Gasteiger partial charge in [0.15, 0.2) is 0 Å². The number of nitrogens with zero attached hydrogens (tertiary/aromatic N) is 1. The molecule has 2 atom stereocenters. The quantitative estimate of drug-likeness (QED) is 0.537. The SMILES string of the molecule is [B]C1CC(COC)CN(C)C1. The highest BCUT2D eigenvalue weighted by Gasteiger charge is 2.21. The van der Waals surface area contributed by atoms with Crippen molar-refractivity contribution < 1.29 is 4.74 Å². The molecule has 3 heteroatoms. The summed E-state index contributed by atoms with van der Waals surface area (Å²) < 4.78 is 5.10.